The molecule has 2 rings (SSSR count). The van der Waals surface area contributed by atoms with Gasteiger partial charge < -0.3 is 9.67 Å². The van der Waals surface area contributed by atoms with E-state index in [4.69, 9.17) is 5.11 Å². The fourth-order valence-electron chi connectivity index (χ4n) is 1.59. The summed E-state index contributed by atoms with van der Waals surface area (Å²) in [5.74, 6) is 0. The van der Waals surface area contributed by atoms with Crippen molar-refractivity contribution in [3.05, 3.63) is 30.0 Å². The Kier molecular flexibility index (Phi) is 4.33. The predicted molar refractivity (Wildman–Crippen MR) is 69.3 cm³/mol. The maximum atomic E-state index is 9.12. The lowest BCUT2D eigenvalue weighted by Crippen LogP contribution is -1.98. The summed E-state index contributed by atoms with van der Waals surface area (Å²) in [5, 5.41) is 10.8. The van der Waals surface area contributed by atoms with Crippen LogP contribution in [0.5, 0.6) is 0 Å². The molecule has 0 unspecified atom stereocenters. The normalized spacial score (nSPS) is 10.8. The number of aliphatic hydroxyl groups is 1. The molecule has 1 N–H and O–H groups in total. The molecular weight excluding hydrogens is 248 g/mol. The van der Waals surface area contributed by atoms with Crippen molar-refractivity contribution in [2.45, 2.75) is 36.6 Å². The van der Waals surface area contributed by atoms with Crippen LogP contribution in [-0.2, 0) is 20.1 Å². The van der Waals surface area contributed by atoms with Gasteiger partial charge in [-0.15, -0.1) is 0 Å². The van der Waals surface area contributed by atoms with Crippen molar-refractivity contribution in [3.8, 4) is 0 Å². The molecule has 0 fully saturated rings. The minimum absolute atomic E-state index is 0.00504. The molecule has 0 atom stereocenters. The fourth-order valence-corrected chi connectivity index (χ4v) is 2.43. The highest BCUT2D eigenvalue weighted by molar-refractivity contribution is 7.99. The van der Waals surface area contributed by atoms with Crippen molar-refractivity contribution in [1.82, 2.24) is 19.5 Å². The summed E-state index contributed by atoms with van der Waals surface area (Å²) >= 11 is 1.48. The Morgan fingerprint density at radius 2 is 2.17 bits per heavy atom. The molecule has 0 aliphatic heterocycles. The molecule has 18 heavy (non-hydrogen) atoms. The number of hydrogen-bond acceptors (Lipinski definition) is 5. The van der Waals surface area contributed by atoms with Gasteiger partial charge in [0.25, 0.3) is 0 Å². The number of imidazole rings is 1. The molecule has 0 saturated heterocycles. The van der Waals surface area contributed by atoms with E-state index in [-0.39, 0.29) is 6.61 Å². The van der Waals surface area contributed by atoms with Gasteiger partial charge in [-0.3, -0.25) is 0 Å². The second-order valence-electron chi connectivity index (χ2n) is 3.95. The lowest BCUT2D eigenvalue weighted by atomic mass is 10.2. The molecule has 0 bridgehead atoms. The Labute approximate surface area is 110 Å². The van der Waals surface area contributed by atoms with E-state index in [1.807, 2.05) is 17.7 Å². The van der Waals surface area contributed by atoms with E-state index in [2.05, 4.69) is 21.9 Å². The van der Waals surface area contributed by atoms with Gasteiger partial charge in [0.05, 0.1) is 18.5 Å². The molecule has 2 heterocycles. The van der Waals surface area contributed by atoms with Crippen LogP contribution in [0.3, 0.4) is 0 Å². The zero-order valence-corrected chi connectivity index (χ0v) is 11.3. The molecule has 0 aliphatic rings. The Hall–Kier alpha value is -1.40. The van der Waals surface area contributed by atoms with Crippen LogP contribution in [0.25, 0.3) is 0 Å². The summed E-state index contributed by atoms with van der Waals surface area (Å²) in [4.78, 5) is 12.7. The highest BCUT2D eigenvalue weighted by Gasteiger charge is 2.08. The third-order valence-corrected chi connectivity index (χ3v) is 3.60. The summed E-state index contributed by atoms with van der Waals surface area (Å²) in [6, 6.07) is 1.99. The Morgan fingerprint density at radius 1 is 1.33 bits per heavy atom. The van der Waals surface area contributed by atoms with E-state index in [9.17, 15) is 0 Å². The lowest BCUT2D eigenvalue weighted by molar-refractivity contribution is 0.271. The second-order valence-corrected chi connectivity index (χ2v) is 4.94. The van der Waals surface area contributed by atoms with Crippen LogP contribution in [0.15, 0.2) is 28.8 Å². The molecule has 5 nitrogen and oxygen atoms in total. The van der Waals surface area contributed by atoms with Crippen molar-refractivity contribution in [2.75, 3.05) is 0 Å². The number of aliphatic hydroxyl groups excluding tert-OH is 1. The zero-order chi connectivity index (χ0) is 13.0. The quantitative estimate of drug-likeness (QED) is 0.834. The maximum absolute atomic E-state index is 9.12. The van der Waals surface area contributed by atoms with Crippen LogP contribution < -0.4 is 0 Å². The summed E-state index contributed by atoms with van der Waals surface area (Å²) in [7, 11) is 1.88. The minimum atomic E-state index is -0.00504. The molecule has 96 valence electrons. The molecule has 0 amide bonds. The third-order valence-electron chi connectivity index (χ3n) is 2.60. The van der Waals surface area contributed by atoms with E-state index in [1.54, 1.807) is 12.5 Å². The van der Waals surface area contributed by atoms with Crippen LogP contribution in [0.4, 0.5) is 0 Å². The van der Waals surface area contributed by atoms with Gasteiger partial charge in [0.2, 0.25) is 0 Å². The van der Waals surface area contributed by atoms with Gasteiger partial charge in [0.15, 0.2) is 5.16 Å². The number of nitrogens with zero attached hydrogens (tertiary/aromatic N) is 4. The molecule has 2 aromatic heterocycles. The molecule has 2 aromatic rings. The molecule has 0 spiro atoms. The largest absolute Gasteiger partial charge is 0.390 e. The van der Waals surface area contributed by atoms with Crippen LogP contribution in [0.1, 0.15) is 24.7 Å². The Morgan fingerprint density at radius 3 is 2.83 bits per heavy atom. The Balaban J connectivity index is 2.17. The van der Waals surface area contributed by atoms with Crippen LogP contribution in [0, 0.1) is 0 Å². The smallest absolute Gasteiger partial charge is 0.174 e. The summed E-state index contributed by atoms with van der Waals surface area (Å²) in [6.07, 6.45) is 5.29. The van der Waals surface area contributed by atoms with Gasteiger partial charge in [-0.1, -0.05) is 13.3 Å². The van der Waals surface area contributed by atoms with E-state index in [1.165, 1.54) is 11.8 Å². The Bertz CT molecular complexity index is 527. The monoisotopic (exact) mass is 264 g/mol. The van der Waals surface area contributed by atoms with Crippen molar-refractivity contribution >= 4 is 11.8 Å². The molecule has 0 saturated carbocycles. The zero-order valence-electron chi connectivity index (χ0n) is 10.5. The van der Waals surface area contributed by atoms with E-state index in [0.717, 1.165) is 34.4 Å². The van der Waals surface area contributed by atoms with Crippen molar-refractivity contribution in [2.24, 2.45) is 7.05 Å². The van der Waals surface area contributed by atoms with Crippen LogP contribution in [0.2, 0.25) is 0 Å². The number of aryl methyl sites for hydroxylation is 1. The van der Waals surface area contributed by atoms with Gasteiger partial charge in [0, 0.05) is 12.7 Å². The average molecular weight is 264 g/mol. The third kappa shape index (κ3) is 2.88. The standard InChI is InChI=1S/C12H16N4OS/c1-3-4-9-5-11(15-8-14-9)18-12-13-6-10(7-17)16(12)2/h5-6,8,17H,3-4,7H2,1-2H3. The van der Waals surface area contributed by atoms with Crippen molar-refractivity contribution < 1.29 is 5.11 Å². The maximum Gasteiger partial charge on any atom is 0.174 e. The number of hydrogen-bond donors (Lipinski definition) is 1. The van der Waals surface area contributed by atoms with Gasteiger partial charge in [-0.2, -0.15) is 0 Å². The van der Waals surface area contributed by atoms with E-state index < -0.39 is 0 Å². The van der Waals surface area contributed by atoms with Crippen molar-refractivity contribution in [3.63, 3.8) is 0 Å². The second kappa shape index (κ2) is 5.97. The summed E-state index contributed by atoms with van der Waals surface area (Å²) in [5.41, 5.74) is 1.84. The SMILES string of the molecule is CCCc1cc(Sc2ncc(CO)n2C)ncn1. The first-order valence-corrected chi connectivity index (χ1v) is 6.66. The van der Waals surface area contributed by atoms with E-state index in [0.29, 0.717) is 0 Å². The van der Waals surface area contributed by atoms with Crippen LogP contribution in [-0.4, -0.2) is 24.6 Å². The average Bonchev–Trinajstić information content (AvgIpc) is 2.71. The summed E-state index contributed by atoms with van der Waals surface area (Å²) < 4.78 is 1.87. The predicted octanol–water partition coefficient (Wildman–Crippen LogP) is 1.81. The lowest BCUT2D eigenvalue weighted by Gasteiger charge is -2.04. The van der Waals surface area contributed by atoms with Gasteiger partial charge in [-0.25, -0.2) is 15.0 Å². The highest BCUT2D eigenvalue weighted by Crippen LogP contribution is 2.25. The van der Waals surface area contributed by atoms with E-state index >= 15 is 0 Å². The molecule has 6 heteroatoms. The van der Waals surface area contributed by atoms with Gasteiger partial charge in [-0.05, 0) is 24.2 Å². The molecular formula is C12H16N4OS. The van der Waals surface area contributed by atoms with Crippen molar-refractivity contribution in [1.29, 1.82) is 0 Å². The first kappa shape index (κ1) is 13.0. The first-order chi connectivity index (χ1) is 8.74. The van der Waals surface area contributed by atoms with Gasteiger partial charge >= 0.3 is 0 Å². The molecule has 0 radical (unpaired) electrons. The fraction of sp³-hybridized carbons (Fsp3) is 0.417. The molecule has 0 aliphatic carbocycles. The first-order valence-electron chi connectivity index (χ1n) is 5.84. The summed E-state index contributed by atoms with van der Waals surface area (Å²) in [6.45, 7) is 2.12. The molecule has 0 aromatic carbocycles. The number of rotatable bonds is 5. The topological polar surface area (TPSA) is 63.8 Å². The number of aromatic nitrogens is 4. The van der Waals surface area contributed by atoms with Gasteiger partial charge in [0.1, 0.15) is 11.4 Å². The highest BCUT2D eigenvalue weighted by atomic mass is 32.2. The minimum Gasteiger partial charge on any atom is -0.390 e. The van der Waals surface area contributed by atoms with Crippen LogP contribution >= 0.6 is 11.8 Å².